The quantitative estimate of drug-likeness (QED) is 0.926. The molecule has 0 radical (unpaired) electrons. The van der Waals surface area contributed by atoms with E-state index in [-0.39, 0.29) is 5.91 Å². The fourth-order valence-corrected chi connectivity index (χ4v) is 2.60. The number of carbonyl (C=O) groups excluding carboxylic acids is 2. The summed E-state index contributed by atoms with van der Waals surface area (Å²) in [4.78, 5) is 25.6. The van der Waals surface area contributed by atoms with Gasteiger partial charge >= 0.3 is 6.09 Å². The molecule has 1 aliphatic heterocycles. The Kier molecular flexibility index (Phi) is 3.78. The predicted octanol–water partition coefficient (Wildman–Crippen LogP) is 3.07. The van der Waals surface area contributed by atoms with Crippen molar-refractivity contribution in [1.29, 1.82) is 0 Å². The highest BCUT2D eigenvalue weighted by atomic mass is 16.5. The van der Waals surface area contributed by atoms with Crippen LogP contribution in [0.15, 0.2) is 48.5 Å². The highest BCUT2D eigenvalue weighted by Gasteiger charge is 2.25. The molecule has 3 rings (SSSR count). The van der Waals surface area contributed by atoms with E-state index in [1.54, 1.807) is 11.0 Å². The van der Waals surface area contributed by atoms with Gasteiger partial charge in [0.25, 0.3) is 5.91 Å². The summed E-state index contributed by atoms with van der Waals surface area (Å²) in [5.41, 5.74) is 3.27. The van der Waals surface area contributed by atoms with Crippen LogP contribution in [0.3, 0.4) is 0 Å². The van der Waals surface area contributed by atoms with Crippen molar-refractivity contribution in [2.45, 2.75) is 6.42 Å². The smallest absolute Gasteiger partial charge is 0.411 e. The zero-order valence-electron chi connectivity index (χ0n) is 12.2. The van der Waals surface area contributed by atoms with Crippen molar-refractivity contribution in [1.82, 2.24) is 0 Å². The molecule has 0 unspecified atom stereocenters. The minimum Gasteiger partial charge on any atom is -0.453 e. The predicted molar refractivity (Wildman–Crippen MR) is 84.3 cm³/mol. The van der Waals surface area contributed by atoms with E-state index >= 15 is 0 Å². The Morgan fingerprint density at radius 2 is 1.91 bits per heavy atom. The number of methoxy groups -OCH3 is 1. The largest absolute Gasteiger partial charge is 0.453 e. The summed E-state index contributed by atoms with van der Waals surface area (Å²) in [6, 6.07) is 14.7. The SMILES string of the molecule is COC(=O)Nc1ccc2c(c1)CCN2C(=O)c1ccccc1. The summed E-state index contributed by atoms with van der Waals surface area (Å²) in [6.07, 6.45) is 0.264. The van der Waals surface area contributed by atoms with E-state index in [1.807, 2.05) is 42.5 Å². The van der Waals surface area contributed by atoms with Crippen LogP contribution in [-0.4, -0.2) is 25.7 Å². The van der Waals surface area contributed by atoms with Crippen LogP contribution in [0.4, 0.5) is 16.2 Å². The highest BCUT2D eigenvalue weighted by molar-refractivity contribution is 6.07. The van der Waals surface area contributed by atoms with E-state index < -0.39 is 6.09 Å². The van der Waals surface area contributed by atoms with Gasteiger partial charge in [-0.2, -0.15) is 0 Å². The molecule has 0 bridgehead atoms. The van der Waals surface area contributed by atoms with Gasteiger partial charge in [-0.1, -0.05) is 18.2 Å². The molecule has 2 aromatic rings. The molecule has 0 saturated carbocycles. The number of rotatable bonds is 2. The van der Waals surface area contributed by atoms with Crippen LogP contribution in [-0.2, 0) is 11.2 Å². The third-order valence-electron chi connectivity index (χ3n) is 3.67. The second-order valence-corrected chi connectivity index (χ2v) is 5.03. The lowest BCUT2D eigenvalue weighted by atomic mass is 10.1. The lowest BCUT2D eigenvalue weighted by molar-refractivity contribution is 0.0989. The topological polar surface area (TPSA) is 58.6 Å². The van der Waals surface area contributed by atoms with Gasteiger partial charge in [-0.3, -0.25) is 10.1 Å². The lowest BCUT2D eigenvalue weighted by Gasteiger charge is -2.17. The number of fused-ring (bicyclic) bond motifs is 1. The number of nitrogens with one attached hydrogen (secondary N) is 1. The van der Waals surface area contributed by atoms with Gasteiger partial charge in [0.2, 0.25) is 0 Å². The molecule has 0 spiro atoms. The van der Waals surface area contributed by atoms with Crippen LogP contribution in [0.1, 0.15) is 15.9 Å². The van der Waals surface area contributed by atoms with Crippen molar-refractivity contribution in [2.75, 3.05) is 23.9 Å². The molecular weight excluding hydrogens is 280 g/mol. The maximum atomic E-state index is 12.6. The van der Waals surface area contributed by atoms with E-state index in [9.17, 15) is 9.59 Å². The second-order valence-electron chi connectivity index (χ2n) is 5.03. The summed E-state index contributed by atoms with van der Waals surface area (Å²) in [6.45, 7) is 0.644. The van der Waals surface area contributed by atoms with E-state index in [0.717, 1.165) is 17.7 Å². The van der Waals surface area contributed by atoms with Crippen molar-refractivity contribution in [2.24, 2.45) is 0 Å². The highest BCUT2D eigenvalue weighted by Crippen LogP contribution is 2.31. The van der Waals surface area contributed by atoms with Gasteiger partial charge in [0, 0.05) is 23.5 Å². The Labute approximate surface area is 128 Å². The van der Waals surface area contributed by atoms with Crippen LogP contribution >= 0.6 is 0 Å². The van der Waals surface area contributed by atoms with E-state index in [1.165, 1.54) is 7.11 Å². The maximum absolute atomic E-state index is 12.6. The number of hydrogen-bond donors (Lipinski definition) is 1. The summed E-state index contributed by atoms with van der Waals surface area (Å²) in [5, 5.41) is 2.63. The van der Waals surface area contributed by atoms with Gasteiger partial charge in [0.05, 0.1) is 7.11 Å². The van der Waals surface area contributed by atoms with Crippen molar-refractivity contribution in [3.63, 3.8) is 0 Å². The fourth-order valence-electron chi connectivity index (χ4n) is 2.60. The minimum absolute atomic E-state index is 0.00646. The maximum Gasteiger partial charge on any atom is 0.411 e. The van der Waals surface area contributed by atoms with Crippen molar-refractivity contribution in [3.05, 3.63) is 59.7 Å². The van der Waals surface area contributed by atoms with Gasteiger partial charge in [-0.05, 0) is 42.3 Å². The van der Waals surface area contributed by atoms with E-state index in [2.05, 4.69) is 10.1 Å². The van der Waals surface area contributed by atoms with Crippen molar-refractivity contribution < 1.29 is 14.3 Å². The Morgan fingerprint density at radius 1 is 1.14 bits per heavy atom. The molecule has 5 heteroatoms. The Morgan fingerprint density at radius 3 is 2.64 bits per heavy atom. The number of carbonyl (C=O) groups is 2. The molecule has 0 aliphatic carbocycles. The minimum atomic E-state index is -0.504. The Bertz CT molecular complexity index is 713. The molecule has 1 heterocycles. The third kappa shape index (κ3) is 2.65. The van der Waals surface area contributed by atoms with Crippen LogP contribution in [0.25, 0.3) is 0 Å². The van der Waals surface area contributed by atoms with Gasteiger partial charge in [0.1, 0.15) is 0 Å². The molecule has 0 fully saturated rings. The average molecular weight is 296 g/mol. The molecule has 5 nitrogen and oxygen atoms in total. The first-order chi connectivity index (χ1) is 10.7. The first kappa shape index (κ1) is 14.1. The number of ether oxygens (including phenoxy) is 1. The second kappa shape index (κ2) is 5.89. The summed E-state index contributed by atoms with van der Waals surface area (Å²) < 4.78 is 4.58. The number of benzene rings is 2. The van der Waals surface area contributed by atoms with E-state index in [4.69, 9.17) is 0 Å². The number of hydrogen-bond acceptors (Lipinski definition) is 3. The lowest BCUT2D eigenvalue weighted by Crippen LogP contribution is -2.28. The molecule has 1 N–H and O–H groups in total. The van der Waals surface area contributed by atoms with E-state index in [0.29, 0.717) is 17.8 Å². The molecule has 112 valence electrons. The summed E-state index contributed by atoms with van der Waals surface area (Å²) in [7, 11) is 1.32. The molecule has 2 aromatic carbocycles. The third-order valence-corrected chi connectivity index (χ3v) is 3.67. The molecule has 1 aliphatic rings. The Hall–Kier alpha value is -2.82. The van der Waals surface area contributed by atoms with Crippen molar-refractivity contribution >= 4 is 23.4 Å². The van der Waals surface area contributed by atoms with Gasteiger partial charge in [-0.15, -0.1) is 0 Å². The Balaban J connectivity index is 1.83. The molecule has 0 saturated heterocycles. The first-order valence-electron chi connectivity index (χ1n) is 7.04. The number of amides is 2. The summed E-state index contributed by atoms with van der Waals surface area (Å²) in [5.74, 6) is -0.00646. The van der Waals surface area contributed by atoms with Crippen LogP contribution < -0.4 is 10.2 Å². The fraction of sp³-hybridized carbons (Fsp3) is 0.176. The average Bonchev–Trinajstić information content (AvgIpc) is 2.98. The molecule has 0 atom stereocenters. The zero-order chi connectivity index (χ0) is 15.5. The number of anilines is 2. The molecule has 22 heavy (non-hydrogen) atoms. The van der Waals surface area contributed by atoms with Crippen LogP contribution in [0.5, 0.6) is 0 Å². The van der Waals surface area contributed by atoms with Crippen LogP contribution in [0.2, 0.25) is 0 Å². The normalized spacial score (nSPS) is 12.7. The van der Waals surface area contributed by atoms with Crippen LogP contribution in [0, 0.1) is 0 Å². The monoisotopic (exact) mass is 296 g/mol. The van der Waals surface area contributed by atoms with Gasteiger partial charge in [0.15, 0.2) is 0 Å². The summed E-state index contributed by atoms with van der Waals surface area (Å²) >= 11 is 0. The number of nitrogens with zero attached hydrogens (tertiary/aromatic N) is 1. The molecule has 0 aromatic heterocycles. The van der Waals surface area contributed by atoms with Gasteiger partial charge < -0.3 is 9.64 Å². The zero-order valence-corrected chi connectivity index (χ0v) is 12.2. The molecular formula is C17H16N2O3. The van der Waals surface area contributed by atoms with Gasteiger partial charge in [-0.25, -0.2) is 4.79 Å². The first-order valence-corrected chi connectivity index (χ1v) is 7.04. The standard InChI is InChI=1S/C17H16N2O3/c1-22-17(21)18-14-7-8-15-13(11-14)9-10-19(15)16(20)12-5-3-2-4-6-12/h2-8,11H,9-10H2,1H3,(H,18,21). The molecule has 2 amide bonds. The van der Waals surface area contributed by atoms with Crippen molar-refractivity contribution in [3.8, 4) is 0 Å².